The molecule has 0 aliphatic heterocycles. The molecule has 0 heterocycles. The second kappa shape index (κ2) is 7.38. The molecule has 0 bridgehead atoms. The van der Waals surface area contributed by atoms with E-state index in [1.807, 2.05) is 0 Å². The van der Waals surface area contributed by atoms with E-state index in [1.54, 1.807) is 0 Å². The van der Waals surface area contributed by atoms with Crippen molar-refractivity contribution in [2.75, 3.05) is 17.3 Å². The molecule has 0 atom stereocenters. The van der Waals surface area contributed by atoms with Crippen LogP contribution in [0.1, 0.15) is 5.56 Å². The van der Waals surface area contributed by atoms with E-state index < -0.39 is 28.4 Å². The van der Waals surface area contributed by atoms with Gasteiger partial charge in [0.1, 0.15) is 5.69 Å². The van der Waals surface area contributed by atoms with Crippen LogP contribution in [-0.4, -0.2) is 18.0 Å². The van der Waals surface area contributed by atoms with Crippen molar-refractivity contribution in [2.45, 2.75) is 6.18 Å². The molecule has 26 heavy (non-hydrogen) atoms. The molecular weight excluding hydrogens is 398 g/mol. The highest BCUT2D eigenvalue weighted by atomic mass is 35.5. The van der Waals surface area contributed by atoms with Crippen molar-refractivity contribution in [3.8, 4) is 0 Å². The van der Waals surface area contributed by atoms with Crippen LogP contribution in [0.15, 0.2) is 36.4 Å². The molecule has 2 amide bonds. The molecule has 0 spiro atoms. The smallest absolute Gasteiger partial charge is 0.302 e. The molecule has 138 valence electrons. The van der Waals surface area contributed by atoms with E-state index in [1.165, 1.54) is 19.2 Å². The number of amides is 2. The Kier molecular flexibility index (Phi) is 5.62. The van der Waals surface area contributed by atoms with Crippen molar-refractivity contribution < 1.29 is 22.9 Å². The van der Waals surface area contributed by atoms with Gasteiger partial charge in [0, 0.05) is 18.1 Å². The number of nitrogens with zero attached hydrogens (tertiary/aromatic N) is 2. The molecule has 2 rings (SSSR count). The fourth-order valence-corrected chi connectivity index (χ4v) is 2.43. The number of urea groups is 1. The van der Waals surface area contributed by atoms with Gasteiger partial charge in [0.05, 0.1) is 21.2 Å². The van der Waals surface area contributed by atoms with Crippen molar-refractivity contribution in [2.24, 2.45) is 0 Å². The number of nitro groups is 1. The number of rotatable bonds is 3. The van der Waals surface area contributed by atoms with Gasteiger partial charge in [-0.25, -0.2) is 4.79 Å². The zero-order chi connectivity index (χ0) is 19.6. The van der Waals surface area contributed by atoms with Crippen LogP contribution in [0.2, 0.25) is 10.0 Å². The van der Waals surface area contributed by atoms with E-state index in [0.717, 1.165) is 23.1 Å². The highest BCUT2D eigenvalue weighted by molar-refractivity contribution is 6.34. The fourth-order valence-electron chi connectivity index (χ4n) is 2.02. The first-order valence-corrected chi connectivity index (χ1v) is 7.61. The summed E-state index contributed by atoms with van der Waals surface area (Å²) in [5.74, 6) is 0. The monoisotopic (exact) mass is 407 g/mol. The maximum atomic E-state index is 12.8. The standard InChI is InChI=1S/C15H10Cl2F3N3O3/c1-22(12-6-8(15(18,19)20)2-4-10(12)17)14(24)21-11-5-3-9(16)7-13(11)23(25)26/h2-7H,1H3,(H,21,24). The van der Waals surface area contributed by atoms with E-state index in [0.29, 0.717) is 6.07 Å². The molecule has 0 radical (unpaired) electrons. The topological polar surface area (TPSA) is 75.5 Å². The highest BCUT2D eigenvalue weighted by Gasteiger charge is 2.32. The summed E-state index contributed by atoms with van der Waals surface area (Å²) in [5.41, 5.74) is -1.83. The Morgan fingerprint density at radius 3 is 2.42 bits per heavy atom. The van der Waals surface area contributed by atoms with E-state index in [4.69, 9.17) is 23.2 Å². The minimum atomic E-state index is -4.62. The molecule has 0 aliphatic rings. The minimum absolute atomic E-state index is 0.0870. The molecule has 0 aliphatic carbocycles. The number of nitro benzene ring substituents is 1. The molecule has 0 saturated heterocycles. The van der Waals surface area contributed by atoms with Gasteiger partial charge in [-0.2, -0.15) is 13.2 Å². The van der Waals surface area contributed by atoms with Gasteiger partial charge >= 0.3 is 12.2 Å². The molecule has 0 unspecified atom stereocenters. The summed E-state index contributed by atoms with van der Waals surface area (Å²) < 4.78 is 38.5. The van der Waals surface area contributed by atoms with E-state index >= 15 is 0 Å². The SMILES string of the molecule is CN(C(=O)Nc1ccc(Cl)cc1[N+](=O)[O-])c1cc(C(F)(F)F)ccc1Cl. The zero-order valence-electron chi connectivity index (χ0n) is 13.0. The lowest BCUT2D eigenvalue weighted by Crippen LogP contribution is -2.31. The van der Waals surface area contributed by atoms with Gasteiger partial charge in [-0.05, 0) is 30.3 Å². The second-order valence-electron chi connectivity index (χ2n) is 5.07. The van der Waals surface area contributed by atoms with Crippen LogP contribution >= 0.6 is 23.2 Å². The van der Waals surface area contributed by atoms with Crippen LogP contribution < -0.4 is 10.2 Å². The first-order chi connectivity index (χ1) is 12.0. The number of benzene rings is 2. The third-order valence-electron chi connectivity index (χ3n) is 3.34. The van der Waals surface area contributed by atoms with Gasteiger partial charge < -0.3 is 5.32 Å². The maximum Gasteiger partial charge on any atom is 0.416 e. The Labute approximate surface area is 155 Å². The van der Waals surface area contributed by atoms with Crippen molar-refractivity contribution in [1.29, 1.82) is 0 Å². The largest absolute Gasteiger partial charge is 0.416 e. The highest BCUT2D eigenvalue weighted by Crippen LogP contribution is 2.35. The number of halogens is 5. The average Bonchev–Trinajstić information content (AvgIpc) is 2.54. The van der Waals surface area contributed by atoms with Crippen molar-refractivity contribution in [3.63, 3.8) is 0 Å². The molecule has 0 saturated carbocycles. The number of hydrogen-bond acceptors (Lipinski definition) is 3. The normalized spacial score (nSPS) is 11.2. The van der Waals surface area contributed by atoms with Crippen molar-refractivity contribution >= 4 is 46.3 Å². The molecule has 1 N–H and O–H groups in total. The summed E-state index contributed by atoms with van der Waals surface area (Å²) in [6.45, 7) is 0. The van der Waals surface area contributed by atoms with E-state index in [2.05, 4.69) is 5.32 Å². The van der Waals surface area contributed by atoms with Crippen molar-refractivity contribution in [1.82, 2.24) is 0 Å². The molecule has 2 aromatic carbocycles. The van der Waals surface area contributed by atoms with Gasteiger partial charge in [-0.15, -0.1) is 0 Å². The van der Waals surface area contributed by atoms with E-state index in [-0.39, 0.29) is 21.4 Å². The number of carbonyl (C=O) groups is 1. The van der Waals surface area contributed by atoms with Crippen LogP contribution in [0.5, 0.6) is 0 Å². The van der Waals surface area contributed by atoms with E-state index in [9.17, 15) is 28.1 Å². The Hall–Kier alpha value is -2.52. The number of alkyl halides is 3. The summed E-state index contributed by atoms with van der Waals surface area (Å²) in [6.07, 6.45) is -4.62. The molecular formula is C15H10Cl2F3N3O3. The fraction of sp³-hybridized carbons (Fsp3) is 0.133. The number of nitrogens with one attached hydrogen (secondary N) is 1. The second-order valence-corrected chi connectivity index (χ2v) is 5.92. The Bertz CT molecular complexity index is 875. The van der Waals surface area contributed by atoms with Crippen LogP contribution in [0, 0.1) is 10.1 Å². The Morgan fingerprint density at radius 2 is 1.85 bits per heavy atom. The summed E-state index contributed by atoms with van der Waals surface area (Å²) in [5, 5.41) is 13.3. The Balaban J connectivity index is 2.33. The quantitative estimate of drug-likeness (QED) is 0.532. The average molecular weight is 408 g/mol. The Morgan fingerprint density at radius 1 is 1.19 bits per heavy atom. The van der Waals surface area contributed by atoms with Crippen LogP contribution in [0.25, 0.3) is 0 Å². The van der Waals surface area contributed by atoms with Crippen molar-refractivity contribution in [3.05, 3.63) is 62.1 Å². The van der Waals surface area contributed by atoms with Gasteiger partial charge in [0.15, 0.2) is 0 Å². The lowest BCUT2D eigenvalue weighted by atomic mass is 10.2. The van der Waals surface area contributed by atoms with Gasteiger partial charge in [0.2, 0.25) is 0 Å². The first kappa shape index (κ1) is 19.8. The molecule has 0 fully saturated rings. The van der Waals surface area contributed by atoms with Crippen LogP contribution in [0.3, 0.4) is 0 Å². The third-order valence-corrected chi connectivity index (χ3v) is 3.89. The van der Waals surface area contributed by atoms with Gasteiger partial charge in [-0.3, -0.25) is 15.0 Å². The third kappa shape index (κ3) is 4.36. The summed E-state index contributed by atoms with van der Waals surface area (Å²) in [7, 11) is 1.18. The van der Waals surface area contributed by atoms with Gasteiger partial charge in [-0.1, -0.05) is 23.2 Å². The summed E-state index contributed by atoms with van der Waals surface area (Å²) in [4.78, 5) is 23.4. The van der Waals surface area contributed by atoms with Gasteiger partial charge in [0.25, 0.3) is 5.69 Å². The van der Waals surface area contributed by atoms with Crippen LogP contribution in [-0.2, 0) is 6.18 Å². The summed E-state index contributed by atoms with van der Waals surface area (Å²) >= 11 is 11.6. The predicted octanol–water partition coefficient (Wildman–Crippen LogP) is 5.59. The molecule has 6 nitrogen and oxygen atoms in total. The lowest BCUT2D eigenvalue weighted by molar-refractivity contribution is -0.383. The zero-order valence-corrected chi connectivity index (χ0v) is 14.5. The maximum absolute atomic E-state index is 12.8. The van der Waals surface area contributed by atoms with Crippen LogP contribution in [0.4, 0.5) is 35.0 Å². The minimum Gasteiger partial charge on any atom is -0.302 e. The number of hydrogen-bond donors (Lipinski definition) is 1. The predicted molar refractivity (Wildman–Crippen MR) is 92.0 cm³/mol. The molecule has 2 aromatic rings. The summed E-state index contributed by atoms with van der Waals surface area (Å²) in [6, 6.07) is 5.14. The molecule has 0 aromatic heterocycles. The number of anilines is 2. The molecule has 11 heteroatoms. The number of carbonyl (C=O) groups excluding carboxylic acids is 1. The first-order valence-electron chi connectivity index (χ1n) is 6.86. The lowest BCUT2D eigenvalue weighted by Gasteiger charge is -2.20.